The molecule has 0 aromatic carbocycles. The zero-order valence-corrected chi connectivity index (χ0v) is 16.4. The van der Waals surface area contributed by atoms with Gasteiger partial charge < -0.3 is 14.2 Å². The quantitative estimate of drug-likeness (QED) is 0.182. The Bertz CT molecular complexity index is 341. The Morgan fingerprint density at radius 1 is 1.12 bits per heavy atom. The van der Waals surface area contributed by atoms with Crippen LogP contribution >= 0.6 is 0 Å². The Balaban J connectivity index is 3.91. The summed E-state index contributed by atoms with van der Waals surface area (Å²) < 4.78 is 16.1. The van der Waals surface area contributed by atoms with Crippen molar-refractivity contribution in [3.8, 4) is 0 Å². The maximum absolute atomic E-state index is 11.5. The van der Waals surface area contributed by atoms with E-state index in [0.717, 1.165) is 45.3 Å². The number of hydrogen-bond acceptors (Lipinski definition) is 4. The molecular formula is C20H38O4. The number of hydrogen-bond donors (Lipinski definition) is 0. The van der Waals surface area contributed by atoms with Gasteiger partial charge in [0.2, 0.25) is 0 Å². The molecule has 0 aromatic rings. The molecule has 0 fully saturated rings. The smallest absolute Gasteiger partial charge is 0.333 e. The van der Waals surface area contributed by atoms with Crippen molar-refractivity contribution in [3.63, 3.8) is 0 Å². The first-order valence-electron chi connectivity index (χ1n) is 9.40. The highest BCUT2D eigenvalue weighted by Gasteiger charge is 2.20. The normalized spacial score (nSPS) is 14.9. The van der Waals surface area contributed by atoms with Crippen molar-refractivity contribution in [1.82, 2.24) is 0 Å². The third-order valence-electron chi connectivity index (χ3n) is 4.36. The molecular weight excluding hydrogens is 304 g/mol. The number of carbonyl (C=O) groups is 1. The molecule has 0 aliphatic rings. The van der Waals surface area contributed by atoms with Crippen LogP contribution in [0.3, 0.4) is 0 Å². The lowest BCUT2D eigenvalue weighted by molar-refractivity contribution is -0.140. The third-order valence-corrected chi connectivity index (χ3v) is 4.36. The van der Waals surface area contributed by atoms with Crippen LogP contribution in [0.15, 0.2) is 12.2 Å². The molecule has 0 saturated heterocycles. The molecule has 4 heteroatoms. The van der Waals surface area contributed by atoms with E-state index in [2.05, 4.69) is 34.3 Å². The molecule has 0 bridgehead atoms. The van der Waals surface area contributed by atoms with Gasteiger partial charge >= 0.3 is 5.97 Å². The lowest BCUT2D eigenvalue weighted by atomic mass is 9.83. The van der Waals surface area contributed by atoms with E-state index in [4.69, 9.17) is 14.2 Å². The van der Waals surface area contributed by atoms with E-state index in [1.54, 1.807) is 6.92 Å². The van der Waals surface area contributed by atoms with E-state index in [0.29, 0.717) is 36.7 Å². The van der Waals surface area contributed by atoms with Gasteiger partial charge in [-0.2, -0.15) is 0 Å². The van der Waals surface area contributed by atoms with Crippen LogP contribution < -0.4 is 0 Å². The minimum absolute atomic E-state index is 0.285. The van der Waals surface area contributed by atoms with Crippen LogP contribution in [0.2, 0.25) is 0 Å². The first-order chi connectivity index (χ1) is 11.4. The SMILES string of the molecule is C=C(C)C(=O)OCC(C)C(CC)CC(C)CCCOCOCCC. The van der Waals surface area contributed by atoms with Gasteiger partial charge in [0.1, 0.15) is 6.79 Å². The molecule has 24 heavy (non-hydrogen) atoms. The summed E-state index contributed by atoms with van der Waals surface area (Å²) in [6, 6.07) is 0. The molecule has 0 saturated carbocycles. The van der Waals surface area contributed by atoms with Crippen LogP contribution in [0.5, 0.6) is 0 Å². The van der Waals surface area contributed by atoms with Gasteiger partial charge in [0.15, 0.2) is 0 Å². The predicted molar refractivity (Wildman–Crippen MR) is 98.8 cm³/mol. The molecule has 0 spiro atoms. The highest BCUT2D eigenvalue weighted by atomic mass is 16.7. The standard InChI is InChI=1S/C20H38O4/c1-7-11-22-15-23-12-9-10-17(5)13-19(8-2)18(6)14-24-20(21)16(3)4/h17-19H,3,7-15H2,1-2,4-6H3. The largest absolute Gasteiger partial charge is 0.462 e. The molecule has 0 heterocycles. The lowest BCUT2D eigenvalue weighted by Gasteiger charge is -2.25. The Morgan fingerprint density at radius 3 is 2.38 bits per heavy atom. The molecule has 0 aromatic heterocycles. The zero-order chi connectivity index (χ0) is 18.4. The van der Waals surface area contributed by atoms with Crippen molar-refractivity contribution < 1.29 is 19.0 Å². The molecule has 0 N–H and O–H groups in total. The molecule has 142 valence electrons. The Hall–Kier alpha value is -0.870. The molecule has 0 radical (unpaired) electrons. The van der Waals surface area contributed by atoms with Crippen molar-refractivity contribution in [3.05, 3.63) is 12.2 Å². The van der Waals surface area contributed by atoms with Crippen LogP contribution in [0.4, 0.5) is 0 Å². The highest BCUT2D eigenvalue weighted by molar-refractivity contribution is 5.86. The highest BCUT2D eigenvalue weighted by Crippen LogP contribution is 2.26. The van der Waals surface area contributed by atoms with Crippen molar-refractivity contribution in [2.75, 3.05) is 26.6 Å². The Morgan fingerprint density at radius 2 is 1.79 bits per heavy atom. The van der Waals surface area contributed by atoms with Crippen LogP contribution in [-0.4, -0.2) is 32.6 Å². The molecule has 3 atom stereocenters. The van der Waals surface area contributed by atoms with Crippen molar-refractivity contribution in [1.29, 1.82) is 0 Å². The molecule has 0 amide bonds. The fourth-order valence-electron chi connectivity index (χ4n) is 2.76. The number of rotatable bonds is 15. The maximum atomic E-state index is 11.5. The fraction of sp³-hybridized carbons (Fsp3) is 0.850. The third kappa shape index (κ3) is 11.6. The predicted octanol–water partition coefficient (Wildman–Crippen LogP) is 4.98. The second-order valence-corrected chi connectivity index (χ2v) is 6.94. The summed E-state index contributed by atoms with van der Waals surface area (Å²) in [5.74, 6) is 1.31. The lowest BCUT2D eigenvalue weighted by Crippen LogP contribution is -2.21. The Kier molecular flexibility index (Phi) is 13.9. The monoisotopic (exact) mass is 342 g/mol. The topological polar surface area (TPSA) is 44.8 Å². The van der Waals surface area contributed by atoms with Gasteiger partial charge in [-0.25, -0.2) is 4.79 Å². The van der Waals surface area contributed by atoms with Gasteiger partial charge in [-0.1, -0.05) is 40.7 Å². The fourth-order valence-corrected chi connectivity index (χ4v) is 2.76. The van der Waals surface area contributed by atoms with E-state index in [9.17, 15) is 4.79 Å². The molecule has 0 rings (SSSR count). The molecule has 0 aliphatic heterocycles. The van der Waals surface area contributed by atoms with E-state index in [1.165, 1.54) is 0 Å². The van der Waals surface area contributed by atoms with Gasteiger partial charge in [0.25, 0.3) is 0 Å². The number of carbonyl (C=O) groups excluding carboxylic acids is 1. The van der Waals surface area contributed by atoms with Gasteiger partial charge in [0, 0.05) is 18.8 Å². The van der Waals surface area contributed by atoms with Crippen molar-refractivity contribution in [2.24, 2.45) is 17.8 Å². The van der Waals surface area contributed by atoms with E-state index in [1.807, 2.05) is 0 Å². The average Bonchev–Trinajstić information content (AvgIpc) is 2.56. The van der Waals surface area contributed by atoms with Gasteiger partial charge in [0.05, 0.1) is 6.61 Å². The molecule has 4 nitrogen and oxygen atoms in total. The number of ether oxygens (including phenoxy) is 3. The minimum atomic E-state index is -0.285. The van der Waals surface area contributed by atoms with Crippen LogP contribution in [0, 0.1) is 17.8 Å². The average molecular weight is 343 g/mol. The summed E-state index contributed by atoms with van der Waals surface area (Å²) in [5, 5.41) is 0. The Labute approximate surface area is 148 Å². The maximum Gasteiger partial charge on any atom is 0.333 e. The zero-order valence-electron chi connectivity index (χ0n) is 16.4. The molecule has 3 unspecified atom stereocenters. The summed E-state index contributed by atoms with van der Waals surface area (Å²) in [5.41, 5.74) is 0.464. The van der Waals surface area contributed by atoms with Crippen molar-refractivity contribution >= 4 is 5.97 Å². The van der Waals surface area contributed by atoms with Crippen LogP contribution in [0.1, 0.15) is 66.7 Å². The van der Waals surface area contributed by atoms with E-state index < -0.39 is 0 Å². The second-order valence-electron chi connectivity index (χ2n) is 6.94. The second kappa shape index (κ2) is 14.5. The summed E-state index contributed by atoms with van der Waals surface area (Å²) in [6.07, 6.45) is 5.51. The first-order valence-corrected chi connectivity index (χ1v) is 9.40. The summed E-state index contributed by atoms with van der Waals surface area (Å²) in [4.78, 5) is 11.5. The molecule has 0 aliphatic carbocycles. The summed E-state index contributed by atoms with van der Waals surface area (Å²) in [6.45, 7) is 16.5. The van der Waals surface area contributed by atoms with Gasteiger partial charge in [-0.3, -0.25) is 0 Å². The summed E-state index contributed by atoms with van der Waals surface area (Å²) in [7, 11) is 0. The summed E-state index contributed by atoms with van der Waals surface area (Å²) >= 11 is 0. The van der Waals surface area contributed by atoms with Crippen LogP contribution in [-0.2, 0) is 19.0 Å². The van der Waals surface area contributed by atoms with Gasteiger partial charge in [-0.05, 0) is 50.4 Å². The van der Waals surface area contributed by atoms with Gasteiger partial charge in [-0.15, -0.1) is 0 Å². The van der Waals surface area contributed by atoms with Crippen molar-refractivity contribution in [2.45, 2.75) is 66.7 Å². The van der Waals surface area contributed by atoms with E-state index in [-0.39, 0.29) is 5.97 Å². The van der Waals surface area contributed by atoms with Crippen LogP contribution in [0.25, 0.3) is 0 Å². The first kappa shape index (κ1) is 23.1. The minimum Gasteiger partial charge on any atom is -0.462 e. The van der Waals surface area contributed by atoms with E-state index >= 15 is 0 Å². The number of esters is 1.